The summed E-state index contributed by atoms with van der Waals surface area (Å²) in [6.45, 7) is 3.65. The van der Waals surface area contributed by atoms with Gasteiger partial charge in [0.25, 0.3) is 5.56 Å². The molecule has 3 aromatic rings. The first-order valence-electron chi connectivity index (χ1n) is 12.0. The highest BCUT2D eigenvalue weighted by Crippen LogP contribution is 2.31. The molecule has 0 atom stereocenters. The minimum absolute atomic E-state index is 0.0255. The van der Waals surface area contributed by atoms with Gasteiger partial charge < -0.3 is 18.7 Å². The summed E-state index contributed by atoms with van der Waals surface area (Å²) in [7, 11) is 0.386. The van der Waals surface area contributed by atoms with E-state index in [0.717, 1.165) is 10.1 Å². The third-order valence-corrected chi connectivity index (χ3v) is 7.80. The van der Waals surface area contributed by atoms with Crippen LogP contribution in [-0.2, 0) is 35.4 Å². The third kappa shape index (κ3) is 5.59. The maximum absolute atomic E-state index is 13.0. The summed E-state index contributed by atoms with van der Waals surface area (Å²) in [6, 6.07) is 12.4. The number of aryl methyl sites for hydroxylation is 1. The molecule has 2 heterocycles. The Morgan fingerprint density at radius 2 is 1.55 bits per heavy atom. The van der Waals surface area contributed by atoms with Gasteiger partial charge >= 0.3 is 15.8 Å². The molecule has 1 fully saturated rings. The zero-order valence-corrected chi connectivity index (χ0v) is 22.5. The zero-order valence-electron chi connectivity index (χ0n) is 21.7. The Morgan fingerprint density at radius 1 is 0.895 bits per heavy atom. The smallest absolute Gasteiger partial charge is 0.339 e. The molecule has 0 saturated carbocycles. The molecule has 1 aliphatic heterocycles. The summed E-state index contributed by atoms with van der Waals surface area (Å²) >= 11 is 0. The molecule has 11 nitrogen and oxygen atoms in total. The monoisotopic (exact) mass is 542 g/mol. The summed E-state index contributed by atoms with van der Waals surface area (Å²) < 4.78 is 38.5. The molecule has 0 unspecified atom stereocenters. The second-order valence-corrected chi connectivity index (χ2v) is 10.7. The largest absolute Gasteiger partial charge is 0.493 e. The number of hydrogen-bond acceptors (Lipinski definition) is 8. The molecule has 12 heteroatoms. The molecule has 0 N–H and O–H groups in total. The number of rotatable bonds is 7. The predicted octanol–water partition coefficient (Wildman–Crippen LogP) is 1.06. The molecule has 202 valence electrons. The van der Waals surface area contributed by atoms with Crippen LogP contribution in [0.4, 0.5) is 5.82 Å². The average Bonchev–Trinajstić information content (AvgIpc) is 2.90. The van der Waals surface area contributed by atoms with Crippen LogP contribution in [0.3, 0.4) is 0 Å². The lowest BCUT2D eigenvalue weighted by molar-refractivity contribution is -0.130. The number of methoxy groups -OCH3 is 1. The lowest BCUT2D eigenvalue weighted by atomic mass is 10.1. The molecule has 4 rings (SSSR count). The summed E-state index contributed by atoms with van der Waals surface area (Å²) in [6.07, 6.45) is 0.0890. The van der Waals surface area contributed by atoms with Crippen LogP contribution in [0.1, 0.15) is 11.1 Å². The van der Waals surface area contributed by atoms with E-state index in [1.54, 1.807) is 36.2 Å². The zero-order chi connectivity index (χ0) is 27.6. The van der Waals surface area contributed by atoms with E-state index in [4.69, 9.17) is 8.92 Å². The Hall–Kier alpha value is -4.06. The van der Waals surface area contributed by atoms with Crippen LogP contribution in [0, 0.1) is 6.92 Å². The van der Waals surface area contributed by atoms with Crippen LogP contribution >= 0.6 is 0 Å². The van der Waals surface area contributed by atoms with E-state index in [2.05, 4.69) is 0 Å². The first-order chi connectivity index (χ1) is 18.0. The van der Waals surface area contributed by atoms with Crippen molar-refractivity contribution in [2.75, 3.05) is 38.2 Å². The standard InChI is InChI=1S/C26H30N4O7S/c1-18-5-8-20(9-6-18)38(34,35)37-21-10-7-19(15-22(21)36-4)16-25(32)30-13-11-29(12-14-30)23-17-24(31)28(3)26(33)27(23)2/h5-10,15,17H,11-14,16H2,1-4H3. The van der Waals surface area contributed by atoms with Crippen LogP contribution in [0.5, 0.6) is 11.5 Å². The number of hydrogen-bond donors (Lipinski definition) is 0. The van der Waals surface area contributed by atoms with Crippen molar-refractivity contribution in [3.63, 3.8) is 0 Å². The minimum Gasteiger partial charge on any atom is -0.493 e. The molecule has 1 aromatic heterocycles. The van der Waals surface area contributed by atoms with Gasteiger partial charge in [0.1, 0.15) is 10.7 Å². The van der Waals surface area contributed by atoms with E-state index in [1.807, 2.05) is 11.8 Å². The molecule has 1 amide bonds. The number of carbonyl (C=O) groups is 1. The highest BCUT2D eigenvalue weighted by molar-refractivity contribution is 7.87. The number of anilines is 1. The predicted molar refractivity (Wildman–Crippen MR) is 141 cm³/mol. The van der Waals surface area contributed by atoms with Crippen molar-refractivity contribution in [2.45, 2.75) is 18.2 Å². The van der Waals surface area contributed by atoms with Crippen molar-refractivity contribution < 1.29 is 22.1 Å². The normalized spacial score (nSPS) is 13.9. The molecule has 2 aromatic carbocycles. The van der Waals surface area contributed by atoms with Gasteiger partial charge in [-0.25, -0.2) is 4.79 Å². The van der Waals surface area contributed by atoms with Gasteiger partial charge in [0.15, 0.2) is 11.5 Å². The summed E-state index contributed by atoms with van der Waals surface area (Å²) in [5.74, 6) is 0.636. The minimum atomic E-state index is -4.06. The van der Waals surface area contributed by atoms with E-state index in [-0.39, 0.29) is 34.3 Å². The SMILES string of the molecule is COc1cc(CC(=O)N2CCN(c3cc(=O)n(C)c(=O)n3C)CC2)ccc1OS(=O)(=O)c1ccc(C)cc1. The fourth-order valence-electron chi connectivity index (χ4n) is 4.26. The van der Waals surface area contributed by atoms with Crippen LogP contribution in [0.2, 0.25) is 0 Å². The highest BCUT2D eigenvalue weighted by atomic mass is 32.2. The van der Waals surface area contributed by atoms with Crippen LogP contribution in [0.25, 0.3) is 0 Å². The van der Waals surface area contributed by atoms with Gasteiger partial charge in [-0.05, 0) is 36.8 Å². The number of carbonyl (C=O) groups excluding carboxylic acids is 1. The van der Waals surface area contributed by atoms with Gasteiger partial charge in [0.2, 0.25) is 5.91 Å². The van der Waals surface area contributed by atoms with Crippen molar-refractivity contribution in [3.8, 4) is 11.5 Å². The van der Waals surface area contributed by atoms with E-state index in [0.29, 0.717) is 37.6 Å². The second-order valence-electron chi connectivity index (χ2n) is 9.12. The van der Waals surface area contributed by atoms with Crippen LogP contribution in [0.15, 0.2) is 63.0 Å². The van der Waals surface area contributed by atoms with Gasteiger partial charge in [0, 0.05) is 46.3 Å². The topological polar surface area (TPSA) is 120 Å². The van der Waals surface area contributed by atoms with Crippen molar-refractivity contribution in [3.05, 3.63) is 80.5 Å². The molecule has 0 radical (unpaired) electrons. The van der Waals surface area contributed by atoms with Crippen molar-refractivity contribution in [2.24, 2.45) is 14.1 Å². The number of aromatic nitrogens is 2. The number of benzene rings is 2. The summed E-state index contributed by atoms with van der Waals surface area (Å²) in [4.78, 5) is 41.0. The first kappa shape index (κ1) is 27.0. The van der Waals surface area contributed by atoms with E-state index in [1.165, 1.54) is 43.0 Å². The van der Waals surface area contributed by atoms with E-state index < -0.39 is 15.8 Å². The van der Waals surface area contributed by atoms with Gasteiger partial charge in [-0.3, -0.25) is 18.7 Å². The van der Waals surface area contributed by atoms with Crippen molar-refractivity contribution in [1.82, 2.24) is 14.0 Å². The molecule has 0 bridgehead atoms. The Morgan fingerprint density at radius 3 is 2.18 bits per heavy atom. The molecule has 0 aliphatic carbocycles. The number of amides is 1. The molecule has 1 saturated heterocycles. The van der Waals surface area contributed by atoms with Gasteiger partial charge in [-0.1, -0.05) is 23.8 Å². The molecular formula is C26H30N4O7S. The lowest BCUT2D eigenvalue weighted by Crippen LogP contribution is -2.51. The second kappa shape index (κ2) is 10.7. The van der Waals surface area contributed by atoms with Crippen LogP contribution < -0.4 is 25.1 Å². The lowest BCUT2D eigenvalue weighted by Gasteiger charge is -2.36. The van der Waals surface area contributed by atoms with E-state index >= 15 is 0 Å². The fraction of sp³-hybridized carbons (Fsp3) is 0.346. The summed E-state index contributed by atoms with van der Waals surface area (Å²) in [5, 5.41) is 0. The Bertz CT molecular complexity index is 1570. The van der Waals surface area contributed by atoms with E-state index in [9.17, 15) is 22.8 Å². The third-order valence-electron chi connectivity index (χ3n) is 6.55. The van der Waals surface area contributed by atoms with Crippen molar-refractivity contribution >= 4 is 21.8 Å². The number of nitrogens with zero attached hydrogens (tertiary/aromatic N) is 4. The fourth-order valence-corrected chi connectivity index (χ4v) is 5.20. The maximum atomic E-state index is 13.0. The molecule has 0 spiro atoms. The Balaban J connectivity index is 1.41. The van der Waals surface area contributed by atoms with Crippen molar-refractivity contribution in [1.29, 1.82) is 0 Å². The van der Waals surface area contributed by atoms with Gasteiger partial charge in [0.05, 0.1) is 13.5 Å². The average molecular weight is 543 g/mol. The number of piperazine rings is 1. The first-order valence-corrected chi connectivity index (χ1v) is 13.4. The summed E-state index contributed by atoms with van der Waals surface area (Å²) in [5.41, 5.74) is 0.783. The quantitative estimate of drug-likeness (QED) is 0.407. The molecule has 38 heavy (non-hydrogen) atoms. The van der Waals surface area contributed by atoms with Gasteiger partial charge in [-0.2, -0.15) is 8.42 Å². The van der Waals surface area contributed by atoms with Crippen LogP contribution in [-0.4, -0.2) is 61.6 Å². The Kier molecular flexibility index (Phi) is 7.63. The molecule has 1 aliphatic rings. The Labute approximate surface area is 220 Å². The maximum Gasteiger partial charge on any atom is 0.339 e. The van der Waals surface area contributed by atoms with Gasteiger partial charge in [-0.15, -0.1) is 0 Å². The highest BCUT2D eigenvalue weighted by Gasteiger charge is 2.24. The molecular weight excluding hydrogens is 512 g/mol. The number of ether oxygens (including phenoxy) is 1.